The molecule has 1 aliphatic rings. The molecular formula is C18H17NO5S. The third kappa shape index (κ3) is 3.28. The fourth-order valence-corrected chi connectivity index (χ4v) is 3.89. The lowest BCUT2D eigenvalue weighted by molar-refractivity contribution is 0.0664. The van der Waals surface area contributed by atoms with E-state index in [1.54, 1.807) is 36.4 Å². The van der Waals surface area contributed by atoms with Gasteiger partial charge in [0.2, 0.25) is 0 Å². The second kappa shape index (κ2) is 6.68. The number of amides is 2. The van der Waals surface area contributed by atoms with Crippen LogP contribution in [0.5, 0.6) is 5.75 Å². The number of sulfone groups is 1. The van der Waals surface area contributed by atoms with E-state index < -0.39 is 21.7 Å². The predicted octanol–water partition coefficient (Wildman–Crippen LogP) is 2.16. The fourth-order valence-electron chi connectivity index (χ4n) is 2.68. The van der Waals surface area contributed by atoms with Crippen LogP contribution in [-0.2, 0) is 9.84 Å². The molecule has 0 bridgehead atoms. The van der Waals surface area contributed by atoms with E-state index >= 15 is 0 Å². The van der Waals surface area contributed by atoms with Crippen molar-refractivity contribution >= 4 is 21.7 Å². The second-order valence-electron chi connectivity index (χ2n) is 5.53. The Morgan fingerprint density at radius 1 is 0.920 bits per heavy atom. The number of fused-ring (bicyclic) bond motifs is 1. The molecule has 0 aliphatic carbocycles. The summed E-state index contributed by atoms with van der Waals surface area (Å²) in [5.41, 5.74) is 0.622. The van der Waals surface area contributed by atoms with Gasteiger partial charge < -0.3 is 4.74 Å². The second-order valence-corrected chi connectivity index (χ2v) is 7.64. The van der Waals surface area contributed by atoms with Crippen molar-refractivity contribution in [3.63, 3.8) is 0 Å². The number of benzene rings is 2. The summed E-state index contributed by atoms with van der Waals surface area (Å²) >= 11 is 0. The topological polar surface area (TPSA) is 80.8 Å². The van der Waals surface area contributed by atoms with E-state index in [9.17, 15) is 18.0 Å². The van der Waals surface area contributed by atoms with Crippen LogP contribution in [0.1, 0.15) is 27.6 Å². The number of rotatable bonds is 6. The Hall–Kier alpha value is -2.67. The Kier molecular flexibility index (Phi) is 4.59. The lowest BCUT2D eigenvalue weighted by Crippen LogP contribution is -2.34. The number of nitrogens with zero attached hydrogens (tertiary/aromatic N) is 1. The van der Waals surface area contributed by atoms with Gasteiger partial charge in [-0.05, 0) is 43.3 Å². The molecule has 1 heterocycles. The van der Waals surface area contributed by atoms with Crippen LogP contribution in [0.25, 0.3) is 0 Å². The largest absolute Gasteiger partial charge is 0.494 e. The minimum atomic E-state index is -3.62. The maximum Gasteiger partial charge on any atom is 0.261 e. The van der Waals surface area contributed by atoms with Crippen molar-refractivity contribution in [3.8, 4) is 5.75 Å². The van der Waals surface area contributed by atoms with Crippen molar-refractivity contribution in [1.29, 1.82) is 0 Å². The van der Waals surface area contributed by atoms with Crippen LogP contribution in [0, 0.1) is 0 Å². The van der Waals surface area contributed by atoms with Gasteiger partial charge in [0.05, 0.1) is 28.4 Å². The van der Waals surface area contributed by atoms with Crippen LogP contribution in [0.2, 0.25) is 0 Å². The highest BCUT2D eigenvalue weighted by atomic mass is 32.2. The number of carbonyl (C=O) groups excluding carboxylic acids is 2. The van der Waals surface area contributed by atoms with Gasteiger partial charge in [0, 0.05) is 6.54 Å². The smallest absolute Gasteiger partial charge is 0.261 e. The molecule has 3 rings (SSSR count). The minimum Gasteiger partial charge on any atom is -0.494 e. The summed E-state index contributed by atoms with van der Waals surface area (Å²) in [6.45, 7) is 2.15. The summed E-state index contributed by atoms with van der Waals surface area (Å²) < 4.78 is 30.2. The third-order valence-electron chi connectivity index (χ3n) is 3.96. The predicted molar refractivity (Wildman–Crippen MR) is 91.5 cm³/mol. The Morgan fingerprint density at radius 3 is 2.00 bits per heavy atom. The van der Waals surface area contributed by atoms with Gasteiger partial charge in [-0.25, -0.2) is 8.42 Å². The van der Waals surface area contributed by atoms with Gasteiger partial charge in [-0.2, -0.15) is 0 Å². The van der Waals surface area contributed by atoms with Crippen molar-refractivity contribution in [2.75, 3.05) is 18.9 Å². The van der Waals surface area contributed by atoms with Crippen molar-refractivity contribution in [2.45, 2.75) is 11.8 Å². The van der Waals surface area contributed by atoms with E-state index in [4.69, 9.17) is 4.74 Å². The van der Waals surface area contributed by atoms with E-state index in [0.717, 1.165) is 4.90 Å². The van der Waals surface area contributed by atoms with Crippen LogP contribution in [0.15, 0.2) is 53.4 Å². The summed E-state index contributed by atoms with van der Waals surface area (Å²) in [6, 6.07) is 12.6. The lowest BCUT2D eigenvalue weighted by atomic mass is 10.1. The SMILES string of the molecule is CCOc1ccc(S(=O)(=O)CCN2C(=O)c3ccccc3C2=O)cc1. The number of hydrogen-bond donors (Lipinski definition) is 0. The first-order valence-corrected chi connectivity index (χ1v) is 9.50. The molecule has 130 valence electrons. The summed E-state index contributed by atoms with van der Waals surface area (Å²) in [5, 5.41) is 0. The molecular weight excluding hydrogens is 342 g/mol. The van der Waals surface area contributed by atoms with Crippen LogP contribution in [0.3, 0.4) is 0 Å². The molecule has 6 nitrogen and oxygen atoms in total. The van der Waals surface area contributed by atoms with E-state index in [2.05, 4.69) is 0 Å². The highest BCUT2D eigenvalue weighted by Gasteiger charge is 2.35. The van der Waals surface area contributed by atoms with Gasteiger partial charge in [0.25, 0.3) is 11.8 Å². The van der Waals surface area contributed by atoms with Gasteiger partial charge in [-0.3, -0.25) is 14.5 Å². The number of ether oxygens (including phenoxy) is 1. The van der Waals surface area contributed by atoms with Gasteiger partial charge in [-0.1, -0.05) is 12.1 Å². The van der Waals surface area contributed by atoms with Crippen molar-refractivity contribution in [1.82, 2.24) is 4.90 Å². The maximum atomic E-state index is 12.5. The standard InChI is InChI=1S/C18H17NO5S/c1-2-24-13-7-9-14(10-8-13)25(22,23)12-11-19-17(20)15-5-3-4-6-16(15)18(19)21/h3-10H,2,11-12H2,1H3. The molecule has 0 saturated carbocycles. The Morgan fingerprint density at radius 2 is 1.48 bits per heavy atom. The molecule has 2 amide bonds. The summed E-state index contributed by atoms with van der Waals surface area (Å²) in [6.07, 6.45) is 0. The van der Waals surface area contributed by atoms with Crippen LogP contribution in [0.4, 0.5) is 0 Å². The summed E-state index contributed by atoms with van der Waals surface area (Å²) in [7, 11) is -3.62. The van der Waals surface area contributed by atoms with Crippen LogP contribution in [-0.4, -0.2) is 44.0 Å². The molecule has 2 aromatic rings. The van der Waals surface area contributed by atoms with E-state index in [-0.39, 0.29) is 17.2 Å². The monoisotopic (exact) mass is 359 g/mol. The molecule has 7 heteroatoms. The zero-order valence-electron chi connectivity index (χ0n) is 13.6. The quantitative estimate of drug-likeness (QED) is 0.738. The van der Waals surface area contributed by atoms with Crippen molar-refractivity contribution in [3.05, 3.63) is 59.7 Å². The average Bonchev–Trinajstić information content (AvgIpc) is 2.85. The zero-order chi connectivity index (χ0) is 18.0. The first-order chi connectivity index (χ1) is 11.9. The van der Waals surface area contributed by atoms with Crippen LogP contribution >= 0.6 is 0 Å². The zero-order valence-corrected chi connectivity index (χ0v) is 14.5. The molecule has 0 saturated heterocycles. The molecule has 0 atom stereocenters. The Balaban J connectivity index is 1.73. The van der Waals surface area contributed by atoms with E-state index in [0.29, 0.717) is 23.5 Å². The fraction of sp³-hybridized carbons (Fsp3) is 0.222. The van der Waals surface area contributed by atoms with Crippen molar-refractivity contribution < 1.29 is 22.7 Å². The highest BCUT2D eigenvalue weighted by Crippen LogP contribution is 2.23. The molecule has 2 aromatic carbocycles. The maximum absolute atomic E-state index is 12.5. The molecule has 0 spiro atoms. The van der Waals surface area contributed by atoms with Gasteiger partial charge in [-0.15, -0.1) is 0 Å². The molecule has 0 radical (unpaired) electrons. The third-order valence-corrected chi connectivity index (χ3v) is 5.67. The number of hydrogen-bond acceptors (Lipinski definition) is 5. The molecule has 0 unspecified atom stereocenters. The molecule has 0 fully saturated rings. The summed E-state index contributed by atoms with van der Waals surface area (Å²) in [5.74, 6) is -0.654. The molecule has 0 aromatic heterocycles. The molecule has 1 aliphatic heterocycles. The minimum absolute atomic E-state index is 0.132. The highest BCUT2D eigenvalue weighted by molar-refractivity contribution is 7.91. The first kappa shape index (κ1) is 17.2. The normalized spacial score (nSPS) is 13.9. The lowest BCUT2D eigenvalue weighted by Gasteiger charge is -2.14. The first-order valence-electron chi connectivity index (χ1n) is 7.85. The number of carbonyl (C=O) groups is 2. The van der Waals surface area contributed by atoms with Crippen molar-refractivity contribution in [2.24, 2.45) is 0 Å². The van der Waals surface area contributed by atoms with Gasteiger partial charge in [0.15, 0.2) is 9.84 Å². The van der Waals surface area contributed by atoms with Gasteiger partial charge in [0.1, 0.15) is 5.75 Å². The Bertz CT molecular complexity index is 884. The Labute approximate surface area is 145 Å². The van der Waals surface area contributed by atoms with E-state index in [1.807, 2.05) is 6.92 Å². The van der Waals surface area contributed by atoms with Gasteiger partial charge >= 0.3 is 0 Å². The van der Waals surface area contributed by atoms with Crippen LogP contribution < -0.4 is 4.74 Å². The molecule has 0 N–H and O–H groups in total. The average molecular weight is 359 g/mol. The van der Waals surface area contributed by atoms with E-state index in [1.165, 1.54) is 12.1 Å². The number of imide groups is 1. The summed E-state index contributed by atoms with van der Waals surface area (Å²) in [4.78, 5) is 25.7. The molecule has 25 heavy (non-hydrogen) atoms.